The van der Waals surface area contributed by atoms with Gasteiger partial charge in [0, 0.05) is 42.0 Å². The third-order valence-corrected chi connectivity index (χ3v) is 6.82. The van der Waals surface area contributed by atoms with Gasteiger partial charge in [0.05, 0.1) is 0 Å². The van der Waals surface area contributed by atoms with Crippen LogP contribution >= 0.6 is 0 Å². The lowest BCUT2D eigenvalue weighted by Gasteiger charge is -2.52. The Hall–Kier alpha value is 0.154. The molecule has 0 saturated heterocycles. The standard InChI is InChI=1S/C23H46O7Si2/c1-7-8-9-10-11-12-13-14-15-16-17-18-19-20-21(24-2,25-3)22(26-4,27-5)23(28-6,29-31)30-32/h7-20H2,1-6H3. The fourth-order valence-corrected chi connectivity index (χ4v) is 4.95. The average Bonchev–Trinajstić information content (AvgIpc) is 2.84. The second kappa shape index (κ2) is 18.5. The van der Waals surface area contributed by atoms with Gasteiger partial charge in [0.15, 0.2) is 0 Å². The molecule has 0 spiro atoms. The van der Waals surface area contributed by atoms with E-state index in [0.29, 0.717) is 6.42 Å². The van der Waals surface area contributed by atoms with Gasteiger partial charge in [0.2, 0.25) is 5.79 Å². The molecule has 32 heavy (non-hydrogen) atoms. The Morgan fingerprint density at radius 2 is 0.875 bits per heavy atom. The molecule has 188 valence electrons. The summed E-state index contributed by atoms with van der Waals surface area (Å²) in [6.07, 6.45) is 17.0. The summed E-state index contributed by atoms with van der Waals surface area (Å²) >= 11 is 0. The zero-order chi connectivity index (χ0) is 24.3. The van der Waals surface area contributed by atoms with Crippen molar-refractivity contribution in [2.75, 3.05) is 35.5 Å². The van der Waals surface area contributed by atoms with Crippen molar-refractivity contribution >= 4 is 21.0 Å². The van der Waals surface area contributed by atoms with Gasteiger partial charge in [0.1, 0.15) is 0 Å². The van der Waals surface area contributed by atoms with Gasteiger partial charge in [0.25, 0.3) is 21.0 Å². The van der Waals surface area contributed by atoms with Crippen LogP contribution in [0.2, 0.25) is 0 Å². The van der Waals surface area contributed by atoms with E-state index in [2.05, 4.69) is 27.9 Å². The maximum absolute atomic E-state index is 5.80. The predicted molar refractivity (Wildman–Crippen MR) is 127 cm³/mol. The maximum atomic E-state index is 5.80. The van der Waals surface area contributed by atoms with Crippen molar-refractivity contribution in [3.63, 3.8) is 0 Å². The van der Waals surface area contributed by atoms with E-state index < -0.39 is 17.5 Å². The minimum Gasteiger partial charge on any atom is -0.367 e. The van der Waals surface area contributed by atoms with E-state index in [1.54, 1.807) is 0 Å². The molecule has 0 saturated carbocycles. The van der Waals surface area contributed by atoms with Crippen LogP contribution in [0.15, 0.2) is 0 Å². The van der Waals surface area contributed by atoms with E-state index >= 15 is 0 Å². The van der Waals surface area contributed by atoms with Gasteiger partial charge in [-0.3, -0.25) is 0 Å². The van der Waals surface area contributed by atoms with E-state index in [0.717, 1.165) is 19.3 Å². The summed E-state index contributed by atoms with van der Waals surface area (Å²) < 4.78 is 39.1. The Labute approximate surface area is 203 Å². The van der Waals surface area contributed by atoms with Crippen molar-refractivity contribution in [1.82, 2.24) is 0 Å². The third kappa shape index (κ3) is 8.43. The largest absolute Gasteiger partial charge is 0.367 e. The number of rotatable bonds is 23. The fraction of sp³-hybridized carbons (Fsp3) is 1.00. The monoisotopic (exact) mass is 490 g/mol. The summed E-state index contributed by atoms with van der Waals surface area (Å²) in [6, 6.07) is 0. The summed E-state index contributed by atoms with van der Waals surface area (Å²) in [6.45, 7) is 2.26. The molecule has 0 N–H and O–H groups in total. The molecule has 0 aromatic rings. The third-order valence-electron chi connectivity index (χ3n) is 6.29. The molecule has 0 aliphatic carbocycles. The second-order valence-electron chi connectivity index (χ2n) is 8.14. The lowest BCUT2D eigenvalue weighted by molar-refractivity contribution is -0.510. The first-order valence-corrected chi connectivity index (χ1v) is 12.8. The topological polar surface area (TPSA) is 64.6 Å². The molecule has 0 bridgehead atoms. The normalized spacial score (nSPS) is 13.1. The first-order chi connectivity index (χ1) is 15.5. The van der Waals surface area contributed by atoms with Crippen molar-refractivity contribution in [3.8, 4) is 0 Å². The van der Waals surface area contributed by atoms with Crippen molar-refractivity contribution in [1.29, 1.82) is 0 Å². The smallest absolute Gasteiger partial charge is 0.326 e. The van der Waals surface area contributed by atoms with Crippen LogP contribution in [0.5, 0.6) is 0 Å². The summed E-state index contributed by atoms with van der Waals surface area (Å²) in [4.78, 5) is 0. The molecule has 0 aliphatic heterocycles. The Balaban J connectivity index is 4.61. The number of ether oxygens (including phenoxy) is 5. The van der Waals surface area contributed by atoms with Gasteiger partial charge in [-0.2, -0.15) is 0 Å². The lowest BCUT2D eigenvalue weighted by Crippen LogP contribution is -2.73. The Morgan fingerprint density at radius 1 is 0.500 bits per heavy atom. The number of methoxy groups -OCH3 is 5. The Kier molecular flexibility index (Phi) is 18.6. The zero-order valence-electron chi connectivity index (χ0n) is 21.3. The highest BCUT2D eigenvalue weighted by atomic mass is 28.2. The Morgan fingerprint density at radius 3 is 1.16 bits per heavy atom. The van der Waals surface area contributed by atoms with Gasteiger partial charge in [-0.15, -0.1) is 0 Å². The molecule has 0 aromatic carbocycles. The molecule has 0 aliphatic rings. The summed E-state index contributed by atoms with van der Waals surface area (Å²) in [5, 5.41) is 0. The molecule has 0 unspecified atom stereocenters. The first kappa shape index (κ1) is 32.2. The molecular formula is C23H46O7Si2. The van der Waals surface area contributed by atoms with Gasteiger partial charge >= 0.3 is 11.8 Å². The molecule has 6 radical (unpaired) electrons. The zero-order valence-corrected chi connectivity index (χ0v) is 23.3. The molecule has 0 atom stereocenters. The number of hydrogen-bond donors (Lipinski definition) is 0. The summed E-state index contributed by atoms with van der Waals surface area (Å²) in [7, 11) is 13.4. The van der Waals surface area contributed by atoms with E-state index in [1.165, 1.54) is 99.8 Å². The summed E-state index contributed by atoms with van der Waals surface area (Å²) in [5.74, 6) is -4.92. The van der Waals surface area contributed by atoms with Crippen LogP contribution in [0.4, 0.5) is 0 Å². The van der Waals surface area contributed by atoms with Crippen LogP contribution in [-0.2, 0) is 32.5 Å². The highest BCUT2D eigenvalue weighted by Gasteiger charge is 2.69. The average molecular weight is 491 g/mol. The van der Waals surface area contributed by atoms with Crippen LogP contribution < -0.4 is 0 Å². The van der Waals surface area contributed by atoms with Gasteiger partial charge in [-0.05, 0) is 6.42 Å². The van der Waals surface area contributed by atoms with Gasteiger partial charge in [-0.1, -0.05) is 84.0 Å². The van der Waals surface area contributed by atoms with Gasteiger partial charge in [-0.25, -0.2) is 0 Å². The molecule has 9 heteroatoms. The molecule has 0 aromatic heterocycles. The van der Waals surface area contributed by atoms with Crippen LogP contribution in [0.1, 0.15) is 96.8 Å². The molecule has 0 heterocycles. The molecular weight excluding hydrogens is 444 g/mol. The number of hydrogen-bond acceptors (Lipinski definition) is 7. The maximum Gasteiger partial charge on any atom is 0.326 e. The highest BCUT2D eigenvalue weighted by molar-refractivity contribution is 6.00. The van der Waals surface area contributed by atoms with Crippen LogP contribution in [0.3, 0.4) is 0 Å². The summed E-state index contributed by atoms with van der Waals surface area (Å²) in [5.41, 5.74) is 0. The van der Waals surface area contributed by atoms with E-state index in [1.807, 2.05) is 0 Å². The van der Waals surface area contributed by atoms with Crippen LogP contribution in [0, 0.1) is 0 Å². The SMILES string of the molecule is CCCCCCCCCCCCCCCC(OC)(OC)C(OC)(OC)C(OC)(O[Si])O[Si]. The van der Waals surface area contributed by atoms with Crippen molar-refractivity contribution in [2.24, 2.45) is 0 Å². The van der Waals surface area contributed by atoms with Crippen LogP contribution in [-0.4, -0.2) is 74.1 Å². The minimum absolute atomic E-state index is 0.482. The van der Waals surface area contributed by atoms with E-state index in [9.17, 15) is 0 Å². The highest BCUT2D eigenvalue weighted by Crippen LogP contribution is 2.45. The fourth-order valence-electron chi connectivity index (χ4n) is 4.35. The lowest BCUT2D eigenvalue weighted by atomic mass is 9.94. The van der Waals surface area contributed by atoms with Crippen molar-refractivity contribution < 1.29 is 32.5 Å². The molecule has 7 nitrogen and oxygen atoms in total. The van der Waals surface area contributed by atoms with Crippen LogP contribution in [0.25, 0.3) is 0 Å². The van der Waals surface area contributed by atoms with Crippen molar-refractivity contribution in [2.45, 2.75) is 114 Å². The number of unbranched alkanes of at least 4 members (excludes halogenated alkanes) is 12. The minimum atomic E-state index is -1.85. The second-order valence-corrected chi connectivity index (χ2v) is 8.55. The van der Waals surface area contributed by atoms with E-state index in [4.69, 9.17) is 32.5 Å². The molecule has 0 rings (SSSR count). The predicted octanol–water partition coefficient (Wildman–Crippen LogP) is 4.95. The van der Waals surface area contributed by atoms with Crippen molar-refractivity contribution in [3.05, 3.63) is 0 Å². The molecule has 0 amide bonds. The molecule has 0 fully saturated rings. The van der Waals surface area contributed by atoms with E-state index in [-0.39, 0.29) is 0 Å². The Bertz CT molecular complexity index is 420. The van der Waals surface area contributed by atoms with Gasteiger partial charge < -0.3 is 32.5 Å². The quantitative estimate of drug-likeness (QED) is 0.114. The first-order valence-electron chi connectivity index (χ1n) is 11.9.